The van der Waals surface area contributed by atoms with E-state index in [4.69, 9.17) is 14.0 Å². The van der Waals surface area contributed by atoms with Gasteiger partial charge in [-0.1, -0.05) is 17.3 Å². The summed E-state index contributed by atoms with van der Waals surface area (Å²) in [5, 5.41) is 8.90. The van der Waals surface area contributed by atoms with E-state index in [1.165, 1.54) is 11.3 Å². The third-order valence-electron chi connectivity index (χ3n) is 3.62. The molecule has 1 amide bonds. The molecule has 10 heteroatoms. The number of esters is 1. The molecule has 2 heterocycles. The van der Waals surface area contributed by atoms with Crippen LogP contribution in [-0.2, 0) is 20.9 Å². The Morgan fingerprint density at radius 2 is 2.10 bits per heavy atom. The Kier molecular flexibility index (Phi) is 7.25. The number of thioether (sulfide) groups is 1. The van der Waals surface area contributed by atoms with Gasteiger partial charge >= 0.3 is 5.97 Å². The Morgan fingerprint density at radius 3 is 2.86 bits per heavy atom. The molecule has 152 valence electrons. The molecule has 3 rings (SSSR count). The molecule has 0 aliphatic rings. The van der Waals surface area contributed by atoms with Gasteiger partial charge < -0.3 is 19.3 Å². The van der Waals surface area contributed by atoms with Crippen molar-refractivity contribution < 1.29 is 23.6 Å². The quantitative estimate of drug-likeness (QED) is 0.511. The van der Waals surface area contributed by atoms with Gasteiger partial charge in [-0.05, 0) is 19.1 Å². The summed E-state index contributed by atoms with van der Waals surface area (Å²) in [5.41, 5.74) is 1.55. The zero-order valence-corrected chi connectivity index (χ0v) is 17.5. The summed E-state index contributed by atoms with van der Waals surface area (Å²) in [4.78, 5) is 28.2. The fourth-order valence-electron chi connectivity index (χ4n) is 2.35. The van der Waals surface area contributed by atoms with Gasteiger partial charge in [0.25, 0.3) is 0 Å². The van der Waals surface area contributed by atoms with Crippen LogP contribution in [-0.4, -0.2) is 40.6 Å². The Morgan fingerprint density at radius 1 is 1.28 bits per heavy atom. The number of carbonyl (C=O) groups excluding carboxylic acids is 2. The number of rotatable bonds is 9. The maximum Gasteiger partial charge on any atom is 0.316 e. The predicted molar refractivity (Wildman–Crippen MR) is 111 cm³/mol. The highest BCUT2D eigenvalue weighted by molar-refractivity contribution is 8.00. The van der Waals surface area contributed by atoms with Gasteiger partial charge in [-0.15, -0.1) is 23.1 Å². The van der Waals surface area contributed by atoms with E-state index in [-0.39, 0.29) is 24.0 Å². The summed E-state index contributed by atoms with van der Waals surface area (Å²) in [6.07, 6.45) is 0. The van der Waals surface area contributed by atoms with E-state index in [0.29, 0.717) is 17.3 Å². The van der Waals surface area contributed by atoms with Crippen LogP contribution in [0.2, 0.25) is 0 Å². The highest BCUT2D eigenvalue weighted by Gasteiger charge is 2.12. The van der Waals surface area contributed by atoms with Crippen molar-refractivity contribution in [1.29, 1.82) is 0 Å². The van der Waals surface area contributed by atoms with E-state index in [2.05, 4.69) is 15.5 Å². The van der Waals surface area contributed by atoms with Crippen LogP contribution in [0.4, 0.5) is 5.82 Å². The molecule has 0 unspecified atom stereocenters. The monoisotopic (exact) mass is 433 g/mol. The van der Waals surface area contributed by atoms with E-state index in [0.717, 1.165) is 28.1 Å². The Balaban J connectivity index is 1.41. The van der Waals surface area contributed by atoms with E-state index in [1.807, 2.05) is 29.6 Å². The van der Waals surface area contributed by atoms with Crippen molar-refractivity contribution in [2.75, 3.05) is 23.9 Å². The average Bonchev–Trinajstić information content (AvgIpc) is 3.35. The minimum atomic E-state index is -0.410. The first kappa shape index (κ1) is 20.9. The summed E-state index contributed by atoms with van der Waals surface area (Å²) in [6.45, 7) is 1.81. The Hall–Kier alpha value is -2.85. The lowest BCUT2D eigenvalue weighted by Crippen LogP contribution is -2.16. The smallest absolute Gasteiger partial charge is 0.316 e. The number of ether oxygens (including phenoxy) is 2. The standard InChI is InChI=1S/C19H19N3O5S2/c1-12-7-16(22-27-12)21-17(23)10-28-11-18(24)26-8-13-9-29-19(20-13)14-5-3-4-6-15(14)25-2/h3-7,9H,8,10-11H2,1-2H3,(H,21,22,23). The summed E-state index contributed by atoms with van der Waals surface area (Å²) < 4.78 is 15.4. The number of thiazole rings is 1. The van der Waals surface area contributed by atoms with Crippen molar-refractivity contribution in [3.8, 4) is 16.3 Å². The highest BCUT2D eigenvalue weighted by atomic mass is 32.2. The summed E-state index contributed by atoms with van der Waals surface area (Å²) in [5.74, 6) is 1.19. The second-order valence-corrected chi connectivity index (χ2v) is 7.71. The lowest BCUT2D eigenvalue weighted by atomic mass is 10.2. The van der Waals surface area contributed by atoms with Crippen molar-refractivity contribution in [2.24, 2.45) is 0 Å². The highest BCUT2D eigenvalue weighted by Crippen LogP contribution is 2.31. The number of aryl methyl sites for hydroxylation is 1. The van der Waals surface area contributed by atoms with Gasteiger partial charge in [-0.2, -0.15) is 0 Å². The fourth-order valence-corrected chi connectivity index (χ4v) is 3.79. The molecule has 3 aromatic rings. The van der Waals surface area contributed by atoms with Crippen LogP contribution in [0.15, 0.2) is 40.2 Å². The van der Waals surface area contributed by atoms with E-state index in [9.17, 15) is 9.59 Å². The van der Waals surface area contributed by atoms with Crippen LogP contribution < -0.4 is 10.1 Å². The van der Waals surface area contributed by atoms with E-state index < -0.39 is 5.97 Å². The minimum Gasteiger partial charge on any atom is -0.496 e. The fraction of sp³-hybridized carbons (Fsp3) is 0.263. The third-order valence-corrected chi connectivity index (χ3v) is 5.45. The number of benzene rings is 1. The molecule has 0 radical (unpaired) electrons. The molecule has 0 saturated carbocycles. The van der Waals surface area contributed by atoms with Crippen molar-refractivity contribution in [3.63, 3.8) is 0 Å². The molecule has 29 heavy (non-hydrogen) atoms. The molecule has 0 aliphatic carbocycles. The zero-order valence-electron chi connectivity index (χ0n) is 15.8. The SMILES string of the molecule is COc1ccccc1-c1nc(COC(=O)CSCC(=O)Nc2cc(C)on2)cs1. The Labute approximate surface area is 175 Å². The molecule has 0 fully saturated rings. The number of aromatic nitrogens is 2. The summed E-state index contributed by atoms with van der Waals surface area (Å²) in [6, 6.07) is 9.21. The predicted octanol–water partition coefficient (Wildman–Crippen LogP) is 3.53. The Bertz CT molecular complexity index is 986. The van der Waals surface area contributed by atoms with E-state index >= 15 is 0 Å². The summed E-state index contributed by atoms with van der Waals surface area (Å²) >= 11 is 2.61. The largest absolute Gasteiger partial charge is 0.496 e. The number of methoxy groups -OCH3 is 1. The van der Waals surface area contributed by atoms with Crippen LogP contribution in [0.25, 0.3) is 10.6 Å². The third kappa shape index (κ3) is 6.06. The molecular formula is C19H19N3O5S2. The maximum atomic E-state index is 11.9. The van der Waals surface area contributed by atoms with Crippen molar-refractivity contribution >= 4 is 40.8 Å². The molecule has 1 N–H and O–H groups in total. The second kappa shape index (κ2) is 10.1. The van der Waals surface area contributed by atoms with Gasteiger partial charge in [0.2, 0.25) is 5.91 Å². The first-order valence-corrected chi connectivity index (χ1v) is 10.6. The van der Waals surface area contributed by atoms with Crippen LogP contribution in [0.3, 0.4) is 0 Å². The molecule has 1 aromatic carbocycles. The number of para-hydroxylation sites is 1. The molecule has 0 bridgehead atoms. The molecule has 0 atom stereocenters. The maximum absolute atomic E-state index is 11.9. The first-order valence-electron chi connectivity index (χ1n) is 8.59. The lowest BCUT2D eigenvalue weighted by Gasteiger charge is -2.05. The van der Waals surface area contributed by atoms with Crippen molar-refractivity contribution in [1.82, 2.24) is 10.1 Å². The zero-order chi connectivity index (χ0) is 20.6. The van der Waals surface area contributed by atoms with Crippen molar-refractivity contribution in [2.45, 2.75) is 13.5 Å². The number of amides is 1. The van der Waals surface area contributed by atoms with Crippen LogP contribution in [0.1, 0.15) is 11.5 Å². The number of nitrogens with one attached hydrogen (secondary N) is 1. The van der Waals surface area contributed by atoms with Crippen LogP contribution >= 0.6 is 23.1 Å². The van der Waals surface area contributed by atoms with Gasteiger partial charge in [-0.25, -0.2) is 4.98 Å². The van der Waals surface area contributed by atoms with E-state index in [1.54, 1.807) is 20.1 Å². The molecule has 2 aromatic heterocycles. The number of nitrogens with zero attached hydrogens (tertiary/aromatic N) is 2. The molecule has 0 saturated heterocycles. The number of hydrogen-bond acceptors (Lipinski definition) is 9. The van der Waals surface area contributed by atoms with Gasteiger partial charge in [0, 0.05) is 11.4 Å². The number of anilines is 1. The topological polar surface area (TPSA) is 104 Å². The van der Waals surface area contributed by atoms with Crippen molar-refractivity contribution in [3.05, 3.63) is 47.2 Å². The summed E-state index contributed by atoms with van der Waals surface area (Å²) in [7, 11) is 1.61. The number of carbonyl (C=O) groups is 2. The van der Waals surface area contributed by atoms with Gasteiger partial charge in [0.15, 0.2) is 5.82 Å². The average molecular weight is 434 g/mol. The molecule has 0 spiro atoms. The molecule has 0 aliphatic heterocycles. The second-order valence-electron chi connectivity index (χ2n) is 5.87. The van der Waals surface area contributed by atoms with Gasteiger partial charge in [0.05, 0.1) is 29.9 Å². The molecule has 8 nitrogen and oxygen atoms in total. The lowest BCUT2D eigenvalue weighted by molar-refractivity contribution is -0.141. The normalized spacial score (nSPS) is 10.6. The number of hydrogen-bond donors (Lipinski definition) is 1. The first-order chi connectivity index (χ1) is 14.0. The van der Waals surface area contributed by atoms with Crippen LogP contribution in [0, 0.1) is 6.92 Å². The molecular weight excluding hydrogens is 414 g/mol. The van der Waals surface area contributed by atoms with Crippen LogP contribution in [0.5, 0.6) is 5.75 Å². The minimum absolute atomic E-state index is 0.0643. The van der Waals surface area contributed by atoms with Gasteiger partial charge in [-0.3, -0.25) is 9.59 Å². The van der Waals surface area contributed by atoms with Gasteiger partial charge in [0.1, 0.15) is 23.1 Å².